The Morgan fingerprint density at radius 1 is 0.947 bits per heavy atom. The molecule has 0 aromatic carbocycles. The fourth-order valence-electron chi connectivity index (χ4n) is 2.44. The van der Waals surface area contributed by atoms with Crippen LogP contribution >= 0.6 is 12.2 Å². The highest BCUT2D eigenvalue weighted by molar-refractivity contribution is 7.71. The zero-order chi connectivity index (χ0) is 13.9. The van der Waals surface area contributed by atoms with Gasteiger partial charge in [0.15, 0.2) is 4.77 Å². The SMILES string of the molecule is CC(C)(C)n1c(=O)n(C2CC2)c(=S)n(C2CC2)c1=O. The Morgan fingerprint density at radius 3 is 1.58 bits per heavy atom. The maximum Gasteiger partial charge on any atom is 0.335 e. The molecule has 0 unspecified atom stereocenters. The molecule has 0 bridgehead atoms. The molecule has 0 saturated heterocycles. The van der Waals surface area contributed by atoms with Crippen LogP contribution in [0, 0.1) is 4.77 Å². The predicted octanol–water partition coefficient (Wildman–Crippen LogP) is 1.97. The van der Waals surface area contributed by atoms with Gasteiger partial charge in [0.05, 0.1) is 0 Å². The smallest absolute Gasteiger partial charge is 0.267 e. The van der Waals surface area contributed by atoms with Crippen LogP contribution in [0.5, 0.6) is 0 Å². The van der Waals surface area contributed by atoms with Crippen molar-refractivity contribution in [1.29, 1.82) is 0 Å². The summed E-state index contributed by atoms with van der Waals surface area (Å²) in [7, 11) is 0. The minimum Gasteiger partial charge on any atom is -0.267 e. The van der Waals surface area contributed by atoms with E-state index in [1.54, 1.807) is 9.13 Å². The van der Waals surface area contributed by atoms with Crippen molar-refractivity contribution in [2.24, 2.45) is 0 Å². The molecule has 0 atom stereocenters. The molecule has 2 aliphatic rings. The average Bonchev–Trinajstić information content (AvgIpc) is 3.09. The van der Waals surface area contributed by atoms with Crippen LogP contribution in [0.1, 0.15) is 58.5 Å². The second kappa shape index (κ2) is 3.91. The van der Waals surface area contributed by atoms with Gasteiger partial charge >= 0.3 is 11.4 Å². The normalized spacial score (nSPS) is 19.7. The second-order valence-electron chi connectivity index (χ2n) is 6.56. The molecule has 1 aromatic rings. The molecule has 1 heterocycles. The molecule has 0 amide bonds. The maximum atomic E-state index is 12.6. The summed E-state index contributed by atoms with van der Waals surface area (Å²) in [6.45, 7) is 5.65. The van der Waals surface area contributed by atoms with Crippen molar-refractivity contribution in [3.63, 3.8) is 0 Å². The van der Waals surface area contributed by atoms with Crippen LogP contribution < -0.4 is 11.4 Å². The van der Waals surface area contributed by atoms with E-state index in [0.717, 1.165) is 25.7 Å². The van der Waals surface area contributed by atoms with Gasteiger partial charge in [0.1, 0.15) is 0 Å². The number of aromatic nitrogens is 3. The first-order valence-electron chi connectivity index (χ1n) is 6.83. The first-order valence-corrected chi connectivity index (χ1v) is 7.24. The van der Waals surface area contributed by atoms with Gasteiger partial charge < -0.3 is 0 Å². The molecule has 2 aliphatic carbocycles. The third-order valence-electron chi connectivity index (χ3n) is 3.70. The Balaban J connectivity index is 2.40. The van der Waals surface area contributed by atoms with E-state index >= 15 is 0 Å². The Bertz CT molecular complexity index is 646. The molecule has 2 fully saturated rings. The van der Waals surface area contributed by atoms with Gasteiger partial charge in [-0.2, -0.15) is 0 Å². The fourth-order valence-corrected chi connectivity index (χ4v) is 2.90. The van der Waals surface area contributed by atoms with Crippen molar-refractivity contribution in [2.45, 2.75) is 64.1 Å². The summed E-state index contributed by atoms with van der Waals surface area (Å²) in [5.74, 6) is 0. The van der Waals surface area contributed by atoms with Gasteiger partial charge in [0, 0.05) is 17.6 Å². The van der Waals surface area contributed by atoms with E-state index in [4.69, 9.17) is 12.2 Å². The van der Waals surface area contributed by atoms with Gasteiger partial charge in [0.25, 0.3) is 0 Å². The summed E-state index contributed by atoms with van der Waals surface area (Å²) in [4.78, 5) is 25.2. The van der Waals surface area contributed by atoms with Gasteiger partial charge in [-0.1, -0.05) is 0 Å². The van der Waals surface area contributed by atoms with Crippen LogP contribution in [0.4, 0.5) is 0 Å². The Morgan fingerprint density at radius 2 is 1.32 bits per heavy atom. The highest BCUT2D eigenvalue weighted by Gasteiger charge is 2.34. The Labute approximate surface area is 116 Å². The van der Waals surface area contributed by atoms with E-state index in [0.29, 0.717) is 4.77 Å². The second-order valence-corrected chi connectivity index (χ2v) is 6.92. The van der Waals surface area contributed by atoms with Crippen LogP contribution in [0.25, 0.3) is 0 Å². The van der Waals surface area contributed by atoms with E-state index in [1.165, 1.54) is 4.57 Å². The molecule has 6 heteroatoms. The molecule has 0 N–H and O–H groups in total. The summed E-state index contributed by atoms with van der Waals surface area (Å²) in [6, 6.07) is 0.387. The van der Waals surface area contributed by atoms with Crippen LogP contribution in [0.15, 0.2) is 9.59 Å². The molecule has 104 valence electrons. The standard InChI is InChI=1S/C13H19N3O2S/c1-13(2,3)16-10(17)14(8-4-5-8)12(19)15(11(16)18)9-6-7-9/h8-9H,4-7H2,1-3H3. The molecule has 0 aliphatic heterocycles. The quantitative estimate of drug-likeness (QED) is 0.779. The van der Waals surface area contributed by atoms with Crippen molar-refractivity contribution in [1.82, 2.24) is 13.7 Å². The lowest BCUT2D eigenvalue weighted by Crippen LogP contribution is -2.51. The summed E-state index contributed by atoms with van der Waals surface area (Å²) < 4.78 is 5.08. The largest absolute Gasteiger partial charge is 0.335 e. The monoisotopic (exact) mass is 281 g/mol. The lowest BCUT2D eigenvalue weighted by molar-refractivity contribution is 0.324. The van der Waals surface area contributed by atoms with Gasteiger partial charge in [-0.25, -0.2) is 14.2 Å². The summed E-state index contributed by atoms with van der Waals surface area (Å²) >= 11 is 5.39. The number of nitrogens with zero attached hydrogens (tertiary/aromatic N) is 3. The molecular weight excluding hydrogens is 262 g/mol. The highest BCUT2D eigenvalue weighted by Crippen LogP contribution is 2.37. The molecule has 0 spiro atoms. The van der Waals surface area contributed by atoms with E-state index in [-0.39, 0.29) is 23.5 Å². The summed E-state index contributed by atoms with van der Waals surface area (Å²) in [5.41, 5.74) is -1.02. The van der Waals surface area contributed by atoms with Crippen molar-refractivity contribution in [2.75, 3.05) is 0 Å². The topological polar surface area (TPSA) is 48.9 Å². The highest BCUT2D eigenvalue weighted by atomic mass is 32.1. The lowest BCUT2D eigenvalue weighted by atomic mass is 10.1. The molecule has 1 aromatic heterocycles. The van der Waals surface area contributed by atoms with Crippen LogP contribution in [-0.4, -0.2) is 13.7 Å². The third-order valence-corrected chi connectivity index (χ3v) is 4.10. The Kier molecular flexibility index (Phi) is 2.64. The predicted molar refractivity (Wildman–Crippen MR) is 75.3 cm³/mol. The molecule has 3 rings (SSSR count). The molecule has 5 nitrogen and oxygen atoms in total. The van der Waals surface area contributed by atoms with Crippen molar-refractivity contribution < 1.29 is 0 Å². The van der Waals surface area contributed by atoms with Crippen molar-refractivity contribution in [3.05, 3.63) is 25.7 Å². The van der Waals surface area contributed by atoms with Crippen LogP contribution in [0.3, 0.4) is 0 Å². The van der Waals surface area contributed by atoms with Gasteiger partial charge in [-0.05, 0) is 58.7 Å². The van der Waals surface area contributed by atoms with E-state index < -0.39 is 5.54 Å². The minimum absolute atomic E-state index is 0.194. The number of hydrogen-bond donors (Lipinski definition) is 0. The zero-order valence-corrected chi connectivity index (χ0v) is 12.4. The first-order chi connectivity index (χ1) is 8.82. The van der Waals surface area contributed by atoms with E-state index in [9.17, 15) is 9.59 Å². The van der Waals surface area contributed by atoms with E-state index in [2.05, 4.69) is 0 Å². The van der Waals surface area contributed by atoms with Crippen molar-refractivity contribution in [3.8, 4) is 0 Å². The average molecular weight is 281 g/mol. The fraction of sp³-hybridized carbons (Fsp3) is 0.769. The Hall–Kier alpha value is -1.17. The van der Waals surface area contributed by atoms with Gasteiger partial charge in [0.2, 0.25) is 0 Å². The minimum atomic E-state index is -0.523. The first kappa shape index (κ1) is 12.8. The molecule has 0 radical (unpaired) electrons. The van der Waals surface area contributed by atoms with E-state index in [1.807, 2.05) is 20.8 Å². The third kappa shape index (κ3) is 2.02. The van der Waals surface area contributed by atoms with Crippen LogP contribution in [-0.2, 0) is 5.54 Å². The molecule has 2 saturated carbocycles. The molecule has 19 heavy (non-hydrogen) atoms. The van der Waals surface area contributed by atoms with Crippen LogP contribution in [0.2, 0.25) is 0 Å². The maximum absolute atomic E-state index is 12.6. The summed E-state index contributed by atoms with van der Waals surface area (Å²) in [5, 5.41) is 0. The lowest BCUT2D eigenvalue weighted by Gasteiger charge is -2.24. The zero-order valence-electron chi connectivity index (χ0n) is 11.5. The summed E-state index contributed by atoms with van der Waals surface area (Å²) in [6.07, 6.45) is 3.93. The van der Waals surface area contributed by atoms with Crippen molar-refractivity contribution >= 4 is 12.2 Å². The van der Waals surface area contributed by atoms with Gasteiger partial charge in [-0.3, -0.25) is 9.13 Å². The number of rotatable bonds is 2. The molecular formula is C13H19N3O2S. The number of hydrogen-bond acceptors (Lipinski definition) is 3. The van der Waals surface area contributed by atoms with Gasteiger partial charge in [-0.15, -0.1) is 0 Å².